The van der Waals surface area contributed by atoms with Crippen molar-refractivity contribution in [1.82, 2.24) is 9.97 Å². The number of aromatic nitrogens is 2. The van der Waals surface area contributed by atoms with Gasteiger partial charge in [0.2, 0.25) is 5.95 Å². The van der Waals surface area contributed by atoms with Crippen LogP contribution >= 0.6 is 0 Å². The molecule has 9 heteroatoms. The SMILES string of the molecule is COc1ccc(N2Cc3cnc(Nc4ccccc4)nc3N(C3CCC(O[Si](C)(C)C(C)(C)C)CC3)C2=O)cc1. The Morgan fingerprint density at radius 3 is 2.27 bits per heavy atom. The largest absolute Gasteiger partial charge is 0.497 e. The highest BCUT2D eigenvalue weighted by molar-refractivity contribution is 6.74. The lowest BCUT2D eigenvalue weighted by atomic mass is 9.91. The first-order valence-electron chi connectivity index (χ1n) is 14.2. The fraction of sp³-hybridized carbons (Fsp3) is 0.452. The van der Waals surface area contributed by atoms with Gasteiger partial charge in [-0.1, -0.05) is 39.0 Å². The van der Waals surface area contributed by atoms with Crippen molar-refractivity contribution in [3.8, 4) is 5.75 Å². The second-order valence-corrected chi connectivity index (χ2v) is 17.0. The number of anilines is 4. The van der Waals surface area contributed by atoms with E-state index in [4.69, 9.17) is 14.1 Å². The van der Waals surface area contributed by atoms with Gasteiger partial charge in [0.15, 0.2) is 8.32 Å². The molecule has 40 heavy (non-hydrogen) atoms. The molecule has 1 aliphatic heterocycles. The first-order valence-corrected chi connectivity index (χ1v) is 17.1. The minimum absolute atomic E-state index is 0.0334. The molecule has 2 heterocycles. The molecule has 2 aromatic carbocycles. The molecule has 3 aromatic rings. The summed E-state index contributed by atoms with van der Waals surface area (Å²) in [6.45, 7) is 11.9. The van der Waals surface area contributed by atoms with E-state index in [0.717, 1.165) is 48.4 Å². The zero-order valence-corrected chi connectivity index (χ0v) is 25.5. The lowest BCUT2D eigenvalue weighted by Gasteiger charge is -2.44. The maximum absolute atomic E-state index is 14.2. The normalized spacial score (nSPS) is 19.8. The number of nitrogens with zero attached hydrogens (tertiary/aromatic N) is 4. The molecule has 1 aliphatic carbocycles. The van der Waals surface area contributed by atoms with Crippen LogP contribution in [-0.4, -0.2) is 43.6 Å². The number of methoxy groups -OCH3 is 1. The summed E-state index contributed by atoms with van der Waals surface area (Å²) in [6, 6.07) is 17.4. The van der Waals surface area contributed by atoms with E-state index >= 15 is 0 Å². The lowest BCUT2D eigenvalue weighted by Crippen LogP contribution is -2.54. The van der Waals surface area contributed by atoms with Crippen molar-refractivity contribution in [2.75, 3.05) is 22.2 Å². The Labute approximate surface area is 238 Å². The van der Waals surface area contributed by atoms with E-state index < -0.39 is 8.32 Å². The van der Waals surface area contributed by atoms with Crippen molar-refractivity contribution in [1.29, 1.82) is 0 Å². The zero-order chi connectivity index (χ0) is 28.5. The minimum atomic E-state index is -1.86. The van der Waals surface area contributed by atoms with E-state index in [1.54, 1.807) is 7.11 Å². The fourth-order valence-electron chi connectivity index (χ4n) is 5.20. The van der Waals surface area contributed by atoms with Crippen molar-refractivity contribution in [2.24, 2.45) is 0 Å². The summed E-state index contributed by atoms with van der Waals surface area (Å²) in [6.07, 6.45) is 5.67. The van der Waals surface area contributed by atoms with Crippen LogP contribution in [0.3, 0.4) is 0 Å². The molecule has 0 unspecified atom stereocenters. The number of para-hydroxylation sites is 1. The van der Waals surface area contributed by atoms with Gasteiger partial charge in [-0.3, -0.25) is 9.80 Å². The number of carbonyl (C=O) groups is 1. The average Bonchev–Trinajstić information content (AvgIpc) is 2.93. The molecule has 1 saturated carbocycles. The predicted molar refractivity (Wildman–Crippen MR) is 163 cm³/mol. The number of carbonyl (C=O) groups excluding carboxylic acids is 1. The highest BCUT2D eigenvalue weighted by Crippen LogP contribution is 2.41. The van der Waals surface area contributed by atoms with Gasteiger partial charge in [0.25, 0.3) is 0 Å². The maximum Gasteiger partial charge on any atom is 0.330 e. The van der Waals surface area contributed by atoms with E-state index in [1.165, 1.54) is 0 Å². The quantitative estimate of drug-likeness (QED) is 0.302. The highest BCUT2D eigenvalue weighted by Gasteiger charge is 2.42. The summed E-state index contributed by atoms with van der Waals surface area (Å²) in [5, 5.41) is 3.46. The molecule has 8 nitrogen and oxygen atoms in total. The van der Waals surface area contributed by atoms with Gasteiger partial charge in [0.1, 0.15) is 11.6 Å². The molecule has 0 atom stereocenters. The average molecular weight is 560 g/mol. The maximum atomic E-state index is 14.2. The van der Waals surface area contributed by atoms with Gasteiger partial charge >= 0.3 is 6.03 Å². The standard InChI is InChI=1S/C31H41N5O3Si/c1-31(2,3)40(5,6)39-27-18-14-25(15-19-27)36-28-22(20-32-29(34-28)33-23-10-8-7-9-11-23)21-35(30(36)37)24-12-16-26(38-4)17-13-24/h7-13,16-17,20,25,27H,14-15,18-19,21H2,1-6H3,(H,32,33,34). The number of urea groups is 1. The van der Waals surface area contributed by atoms with Crippen LogP contribution in [0.2, 0.25) is 18.1 Å². The lowest BCUT2D eigenvalue weighted by molar-refractivity contribution is 0.129. The van der Waals surface area contributed by atoms with Crippen molar-refractivity contribution in [3.63, 3.8) is 0 Å². The molecule has 5 rings (SSSR count). The molecule has 1 N–H and O–H groups in total. The van der Waals surface area contributed by atoms with Crippen LogP contribution in [0.25, 0.3) is 0 Å². The van der Waals surface area contributed by atoms with E-state index in [-0.39, 0.29) is 23.2 Å². The van der Waals surface area contributed by atoms with Gasteiger partial charge in [-0.2, -0.15) is 4.98 Å². The molecule has 212 valence electrons. The molecular weight excluding hydrogens is 518 g/mol. The molecule has 2 amide bonds. The smallest absolute Gasteiger partial charge is 0.330 e. The highest BCUT2D eigenvalue weighted by atomic mass is 28.4. The summed E-state index contributed by atoms with van der Waals surface area (Å²) >= 11 is 0. The second-order valence-electron chi connectivity index (χ2n) is 12.3. The third kappa shape index (κ3) is 5.85. The van der Waals surface area contributed by atoms with E-state index in [2.05, 4.69) is 44.2 Å². The van der Waals surface area contributed by atoms with E-state index in [1.807, 2.05) is 70.6 Å². The van der Waals surface area contributed by atoms with Crippen LogP contribution in [0.15, 0.2) is 60.8 Å². The van der Waals surface area contributed by atoms with Gasteiger partial charge in [-0.05, 0) is 80.2 Å². The fourth-order valence-corrected chi connectivity index (χ4v) is 6.62. The molecule has 1 fully saturated rings. The molecule has 0 spiro atoms. The zero-order valence-electron chi connectivity index (χ0n) is 24.5. The number of fused-ring (bicyclic) bond motifs is 1. The molecule has 0 radical (unpaired) electrons. The summed E-state index contributed by atoms with van der Waals surface area (Å²) in [4.78, 5) is 27.4. The topological polar surface area (TPSA) is 79.8 Å². The Balaban J connectivity index is 1.42. The minimum Gasteiger partial charge on any atom is -0.497 e. The summed E-state index contributed by atoms with van der Waals surface area (Å²) < 4.78 is 12.1. The van der Waals surface area contributed by atoms with Crippen molar-refractivity contribution < 1.29 is 14.0 Å². The predicted octanol–water partition coefficient (Wildman–Crippen LogP) is 7.51. The summed E-state index contributed by atoms with van der Waals surface area (Å²) in [5.74, 6) is 1.93. The Morgan fingerprint density at radius 2 is 1.65 bits per heavy atom. The third-order valence-corrected chi connectivity index (χ3v) is 13.1. The van der Waals surface area contributed by atoms with E-state index in [0.29, 0.717) is 18.3 Å². The van der Waals surface area contributed by atoms with Gasteiger partial charge in [0, 0.05) is 35.3 Å². The Morgan fingerprint density at radius 1 is 0.975 bits per heavy atom. The van der Waals surface area contributed by atoms with E-state index in [9.17, 15) is 4.79 Å². The number of hydrogen-bond donors (Lipinski definition) is 1. The molecule has 0 bridgehead atoms. The number of amides is 2. The van der Waals surface area contributed by atoms with Gasteiger partial charge < -0.3 is 14.5 Å². The Hall–Kier alpha value is -3.43. The summed E-state index contributed by atoms with van der Waals surface area (Å²) in [5.41, 5.74) is 2.65. The van der Waals surface area contributed by atoms with Gasteiger partial charge in [-0.15, -0.1) is 0 Å². The van der Waals surface area contributed by atoms with Crippen LogP contribution in [0.5, 0.6) is 5.75 Å². The number of benzene rings is 2. The van der Waals surface area contributed by atoms with Crippen LogP contribution in [0.4, 0.5) is 27.9 Å². The van der Waals surface area contributed by atoms with Crippen molar-refractivity contribution in [3.05, 3.63) is 66.4 Å². The summed E-state index contributed by atoms with van der Waals surface area (Å²) in [7, 11) is -0.219. The van der Waals surface area contributed by atoms with Crippen molar-refractivity contribution in [2.45, 2.75) is 83.3 Å². The molecule has 1 aromatic heterocycles. The van der Waals surface area contributed by atoms with Crippen LogP contribution in [0, 0.1) is 0 Å². The van der Waals surface area contributed by atoms with Crippen LogP contribution in [-0.2, 0) is 11.0 Å². The molecule has 0 saturated heterocycles. The Bertz CT molecular complexity index is 1320. The molecular formula is C31H41N5O3Si. The number of ether oxygens (including phenoxy) is 1. The van der Waals surface area contributed by atoms with Crippen LogP contribution < -0.4 is 19.9 Å². The van der Waals surface area contributed by atoms with Crippen LogP contribution in [0.1, 0.15) is 52.0 Å². The first-order chi connectivity index (χ1) is 19.1. The number of rotatable bonds is 7. The van der Waals surface area contributed by atoms with Gasteiger partial charge in [0.05, 0.1) is 13.7 Å². The number of hydrogen-bond acceptors (Lipinski definition) is 6. The monoisotopic (exact) mass is 559 g/mol. The Kier molecular flexibility index (Phi) is 7.88. The number of nitrogens with one attached hydrogen (secondary N) is 1. The van der Waals surface area contributed by atoms with Crippen molar-refractivity contribution >= 4 is 37.5 Å². The van der Waals surface area contributed by atoms with Gasteiger partial charge in [-0.25, -0.2) is 9.78 Å². The second kappa shape index (κ2) is 11.2. The third-order valence-electron chi connectivity index (χ3n) is 8.53. The first kappa shape index (κ1) is 28.1. The molecule has 2 aliphatic rings.